The number of ether oxygens (including phenoxy) is 1. The Labute approximate surface area is 151 Å². The van der Waals surface area contributed by atoms with Crippen molar-refractivity contribution in [1.29, 1.82) is 0 Å². The van der Waals surface area contributed by atoms with Crippen molar-refractivity contribution in [2.75, 3.05) is 25.4 Å². The van der Waals surface area contributed by atoms with Crippen LogP contribution in [-0.4, -0.2) is 60.3 Å². The number of imide groups is 1. The summed E-state index contributed by atoms with van der Waals surface area (Å²) in [6.45, 7) is 2.97. The van der Waals surface area contributed by atoms with Crippen LogP contribution < -0.4 is 4.74 Å². The number of sulfonamides is 1. The van der Waals surface area contributed by atoms with E-state index in [1.165, 1.54) is 21.3 Å². The Hall–Kier alpha value is -1.58. The third kappa shape index (κ3) is 3.68. The van der Waals surface area contributed by atoms with Crippen LogP contribution in [0.25, 0.3) is 0 Å². The Morgan fingerprint density at radius 3 is 2.32 bits per heavy atom. The first-order valence-electron chi connectivity index (χ1n) is 8.15. The molecule has 0 radical (unpaired) electrons. The van der Waals surface area contributed by atoms with Crippen molar-refractivity contribution >= 4 is 32.9 Å². The molecule has 2 aliphatic rings. The monoisotopic (exact) mass is 384 g/mol. The Balaban J connectivity index is 1.67. The Morgan fingerprint density at radius 2 is 1.80 bits per heavy atom. The number of nitrogens with zero attached hydrogens (tertiary/aromatic N) is 2. The number of amides is 2. The number of carbonyl (C=O) groups excluding carboxylic acids is 2. The van der Waals surface area contributed by atoms with Crippen molar-refractivity contribution in [3.05, 3.63) is 24.3 Å². The predicted molar refractivity (Wildman–Crippen MR) is 94.1 cm³/mol. The van der Waals surface area contributed by atoms with Gasteiger partial charge in [0.25, 0.3) is 5.24 Å². The smallest absolute Gasteiger partial charge is 0.289 e. The van der Waals surface area contributed by atoms with E-state index in [0.29, 0.717) is 38.3 Å². The average molecular weight is 384 g/mol. The van der Waals surface area contributed by atoms with Gasteiger partial charge in [0, 0.05) is 19.1 Å². The molecule has 1 aromatic rings. The van der Waals surface area contributed by atoms with Crippen molar-refractivity contribution < 1.29 is 22.7 Å². The van der Waals surface area contributed by atoms with Crippen molar-refractivity contribution in [1.82, 2.24) is 9.21 Å². The molecule has 2 saturated heterocycles. The molecular formula is C16H20N2O5S2. The van der Waals surface area contributed by atoms with E-state index < -0.39 is 10.0 Å². The van der Waals surface area contributed by atoms with E-state index in [2.05, 4.69) is 0 Å². The largest absolute Gasteiger partial charge is 0.494 e. The molecule has 2 aliphatic heterocycles. The second-order valence-electron chi connectivity index (χ2n) is 5.86. The molecule has 0 saturated carbocycles. The fraction of sp³-hybridized carbons (Fsp3) is 0.500. The lowest BCUT2D eigenvalue weighted by molar-refractivity contribution is -0.126. The number of benzene rings is 1. The normalized spacial score (nSPS) is 20.3. The summed E-state index contributed by atoms with van der Waals surface area (Å²) in [5.41, 5.74) is 0. The number of piperidine rings is 1. The van der Waals surface area contributed by atoms with Crippen molar-refractivity contribution in [3.8, 4) is 5.75 Å². The van der Waals surface area contributed by atoms with Gasteiger partial charge in [-0.05, 0) is 44.0 Å². The van der Waals surface area contributed by atoms with Crippen LogP contribution >= 0.6 is 11.8 Å². The van der Waals surface area contributed by atoms with Gasteiger partial charge in [0.15, 0.2) is 0 Å². The maximum Gasteiger partial charge on any atom is 0.289 e. The van der Waals surface area contributed by atoms with Gasteiger partial charge in [-0.15, -0.1) is 0 Å². The summed E-state index contributed by atoms with van der Waals surface area (Å²) in [6, 6.07) is 6.15. The number of carbonyl (C=O) groups is 2. The van der Waals surface area contributed by atoms with E-state index in [-0.39, 0.29) is 27.8 Å². The summed E-state index contributed by atoms with van der Waals surface area (Å²) in [5, 5.41) is -0.224. The molecule has 2 amide bonds. The third-order valence-corrected chi connectivity index (χ3v) is 7.09. The number of rotatable bonds is 5. The quantitative estimate of drug-likeness (QED) is 0.771. The third-order valence-electron chi connectivity index (χ3n) is 4.35. The van der Waals surface area contributed by atoms with Gasteiger partial charge in [0.2, 0.25) is 15.9 Å². The van der Waals surface area contributed by atoms with Crippen LogP contribution in [0, 0.1) is 0 Å². The van der Waals surface area contributed by atoms with Gasteiger partial charge in [-0.1, -0.05) is 11.8 Å². The average Bonchev–Trinajstić information content (AvgIpc) is 2.94. The fourth-order valence-electron chi connectivity index (χ4n) is 3.08. The van der Waals surface area contributed by atoms with Crippen LogP contribution in [0.3, 0.4) is 0 Å². The number of thioether (sulfide) groups is 1. The summed E-state index contributed by atoms with van der Waals surface area (Å²) >= 11 is 1.01. The summed E-state index contributed by atoms with van der Waals surface area (Å²) in [5.74, 6) is 0.635. The molecule has 0 spiro atoms. The molecule has 0 N–H and O–H groups in total. The van der Waals surface area contributed by atoms with E-state index in [1.54, 1.807) is 12.1 Å². The molecule has 0 aliphatic carbocycles. The molecule has 1 aromatic carbocycles. The minimum atomic E-state index is -3.58. The molecule has 7 nitrogen and oxygen atoms in total. The first-order valence-corrected chi connectivity index (χ1v) is 10.6. The van der Waals surface area contributed by atoms with E-state index in [0.717, 1.165) is 11.8 Å². The van der Waals surface area contributed by atoms with Gasteiger partial charge in [0.1, 0.15) is 5.75 Å². The van der Waals surface area contributed by atoms with Gasteiger partial charge in [0.05, 0.1) is 17.3 Å². The Morgan fingerprint density at radius 1 is 1.16 bits per heavy atom. The lowest BCUT2D eigenvalue weighted by Gasteiger charge is -2.34. The minimum absolute atomic E-state index is 0.178. The Bertz CT molecular complexity index is 739. The SMILES string of the molecule is CCOc1ccc(S(=O)(=O)N2CCC(N3C(=O)CSC3=O)CC2)cc1. The van der Waals surface area contributed by atoms with Crippen molar-refractivity contribution in [2.45, 2.75) is 30.7 Å². The zero-order chi connectivity index (χ0) is 18.0. The topological polar surface area (TPSA) is 84.0 Å². The maximum absolute atomic E-state index is 12.7. The van der Waals surface area contributed by atoms with E-state index >= 15 is 0 Å². The Kier molecular flexibility index (Phi) is 5.35. The lowest BCUT2D eigenvalue weighted by Crippen LogP contribution is -2.48. The molecule has 9 heteroatoms. The number of hydrogen-bond donors (Lipinski definition) is 0. The molecule has 0 unspecified atom stereocenters. The van der Waals surface area contributed by atoms with E-state index in [1.807, 2.05) is 6.92 Å². The summed E-state index contributed by atoms with van der Waals surface area (Å²) in [7, 11) is -3.58. The summed E-state index contributed by atoms with van der Waals surface area (Å²) < 4.78 is 32.2. The highest BCUT2D eigenvalue weighted by Crippen LogP contribution is 2.29. The summed E-state index contributed by atoms with van der Waals surface area (Å²) in [6.07, 6.45) is 0.933. The van der Waals surface area contributed by atoms with Crippen LogP contribution in [0.15, 0.2) is 29.2 Å². The van der Waals surface area contributed by atoms with Gasteiger partial charge >= 0.3 is 0 Å². The first-order chi connectivity index (χ1) is 11.9. The fourth-order valence-corrected chi connectivity index (χ4v) is 5.33. The molecular weight excluding hydrogens is 364 g/mol. The second-order valence-corrected chi connectivity index (χ2v) is 8.72. The minimum Gasteiger partial charge on any atom is -0.494 e. The highest BCUT2D eigenvalue weighted by Gasteiger charge is 2.39. The molecule has 136 valence electrons. The van der Waals surface area contributed by atoms with Crippen LogP contribution in [0.2, 0.25) is 0 Å². The van der Waals surface area contributed by atoms with Crippen LogP contribution in [0.5, 0.6) is 5.75 Å². The molecule has 2 heterocycles. The van der Waals surface area contributed by atoms with E-state index in [4.69, 9.17) is 4.74 Å². The number of hydrogen-bond acceptors (Lipinski definition) is 6. The van der Waals surface area contributed by atoms with Gasteiger partial charge < -0.3 is 4.74 Å². The highest BCUT2D eigenvalue weighted by molar-refractivity contribution is 8.14. The second kappa shape index (κ2) is 7.35. The standard InChI is InChI=1S/C16H20N2O5S2/c1-2-23-13-3-5-14(6-4-13)25(21,22)17-9-7-12(8-10-17)18-15(19)11-24-16(18)20/h3-6,12H,2,7-11H2,1H3. The van der Waals surface area contributed by atoms with Crippen LogP contribution in [-0.2, 0) is 14.8 Å². The van der Waals surface area contributed by atoms with Crippen molar-refractivity contribution in [2.24, 2.45) is 0 Å². The zero-order valence-corrected chi connectivity index (χ0v) is 15.5. The van der Waals surface area contributed by atoms with Crippen molar-refractivity contribution in [3.63, 3.8) is 0 Å². The van der Waals surface area contributed by atoms with Crippen LogP contribution in [0.1, 0.15) is 19.8 Å². The van der Waals surface area contributed by atoms with Crippen LogP contribution in [0.4, 0.5) is 4.79 Å². The first kappa shape index (κ1) is 18.2. The lowest BCUT2D eigenvalue weighted by atomic mass is 10.1. The molecule has 3 rings (SSSR count). The summed E-state index contributed by atoms with van der Waals surface area (Å²) in [4.78, 5) is 25.1. The molecule has 0 atom stereocenters. The zero-order valence-electron chi connectivity index (χ0n) is 13.9. The maximum atomic E-state index is 12.7. The predicted octanol–water partition coefficient (Wildman–Crippen LogP) is 1.93. The van der Waals surface area contributed by atoms with Gasteiger partial charge in [-0.3, -0.25) is 14.5 Å². The molecule has 0 aromatic heterocycles. The van der Waals surface area contributed by atoms with Gasteiger partial charge in [-0.25, -0.2) is 8.42 Å². The van der Waals surface area contributed by atoms with Gasteiger partial charge in [-0.2, -0.15) is 4.31 Å². The molecule has 0 bridgehead atoms. The van der Waals surface area contributed by atoms with E-state index in [9.17, 15) is 18.0 Å². The molecule has 2 fully saturated rings. The highest BCUT2D eigenvalue weighted by atomic mass is 32.2. The molecule has 25 heavy (non-hydrogen) atoms.